The van der Waals surface area contributed by atoms with E-state index in [0.717, 1.165) is 22.3 Å². The highest BCUT2D eigenvalue weighted by atomic mass is 19.1. The van der Waals surface area contributed by atoms with Crippen molar-refractivity contribution in [1.82, 2.24) is 4.98 Å². The molecule has 0 radical (unpaired) electrons. The summed E-state index contributed by atoms with van der Waals surface area (Å²) in [5, 5.41) is 3.98. The lowest BCUT2D eigenvalue weighted by molar-refractivity contribution is 0.415. The summed E-state index contributed by atoms with van der Waals surface area (Å²) in [5.74, 6) is 0.447. The van der Waals surface area contributed by atoms with Crippen LogP contribution in [0.3, 0.4) is 0 Å². The molecule has 3 rings (SSSR count). The summed E-state index contributed by atoms with van der Waals surface area (Å²) >= 11 is 0. The van der Waals surface area contributed by atoms with Gasteiger partial charge in [-0.2, -0.15) is 0 Å². The highest BCUT2D eigenvalue weighted by Crippen LogP contribution is 2.29. The minimum absolute atomic E-state index is 0.291. The van der Waals surface area contributed by atoms with Crippen LogP contribution in [-0.4, -0.2) is 12.1 Å². The normalized spacial score (nSPS) is 10.5. The number of aromatic nitrogens is 1. The molecule has 0 aliphatic carbocycles. The van der Waals surface area contributed by atoms with Gasteiger partial charge in [0, 0.05) is 17.3 Å². The Labute approximate surface area is 116 Å². The van der Waals surface area contributed by atoms with Crippen LogP contribution in [0, 0.1) is 5.82 Å². The van der Waals surface area contributed by atoms with Crippen molar-refractivity contribution in [2.75, 3.05) is 12.4 Å². The fraction of sp³-hybridized carbons (Fsp3) is 0.0625. The maximum atomic E-state index is 13.7. The third-order valence-electron chi connectivity index (χ3n) is 3.09. The average Bonchev–Trinajstić information content (AvgIpc) is 2.49. The molecule has 3 aromatic rings. The van der Waals surface area contributed by atoms with Crippen molar-refractivity contribution in [3.8, 4) is 5.75 Å². The number of nitrogens with one attached hydrogen (secondary N) is 1. The molecule has 2 aromatic carbocycles. The Morgan fingerprint density at radius 2 is 1.90 bits per heavy atom. The van der Waals surface area contributed by atoms with Crippen LogP contribution in [0.4, 0.5) is 15.8 Å². The number of rotatable bonds is 3. The van der Waals surface area contributed by atoms with Gasteiger partial charge in [-0.3, -0.25) is 4.98 Å². The number of para-hydroxylation sites is 1. The van der Waals surface area contributed by atoms with Gasteiger partial charge in [-0.25, -0.2) is 4.39 Å². The van der Waals surface area contributed by atoms with Crippen LogP contribution in [0.2, 0.25) is 0 Å². The molecule has 1 heterocycles. The fourth-order valence-electron chi connectivity index (χ4n) is 2.07. The minimum atomic E-state index is -0.291. The van der Waals surface area contributed by atoms with Crippen molar-refractivity contribution in [1.29, 1.82) is 0 Å². The van der Waals surface area contributed by atoms with E-state index in [-0.39, 0.29) is 5.82 Å². The molecule has 0 saturated carbocycles. The molecule has 0 spiro atoms. The van der Waals surface area contributed by atoms with E-state index in [1.165, 1.54) is 6.07 Å². The first-order valence-corrected chi connectivity index (χ1v) is 6.22. The highest BCUT2D eigenvalue weighted by molar-refractivity contribution is 5.93. The predicted molar refractivity (Wildman–Crippen MR) is 78.0 cm³/mol. The Balaban J connectivity index is 2.09. The van der Waals surface area contributed by atoms with E-state index in [4.69, 9.17) is 4.74 Å². The van der Waals surface area contributed by atoms with Gasteiger partial charge in [0.05, 0.1) is 18.3 Å². The molecular formula is C16H13FN2O. The van der Waals surface area contributed by atoms with Gasteiger partial charge in [-0.15, -0.1) is 0 Å². The lowest BCUT2D eigenvalue weighted by Gasteiger charge is -2.11. The van der Waals surface area contributed by atoms with E-state index < -0.39 is 0 Å². The van der Waals surface area contributed by atoms with Crippen molar-refractivity contribution in [2.24, 2.45) is 0 Å². The Bertz CT molecular complexity index is 758. The molecule has 1 aromatic heterocycles. The number of hydrogen-bond acceptors (Lipinski definition) is 3. The minimum Gasteiger partial charge on any atom is -0.497 e. The van der Waals surface area contributed by atoms with Gasteiger partial charge in [0.2, 0.25) is 0 Å². The van der Waals surface area contributed by atoms with E-state index in [9.17, 15) is 4.39 Å². The highest BCUT2D eigenvalue weighted by Gasteiger charge is 2.06. The third-order valence-corrected chi connectivity index (χ3v) is 3.09. The summed E-state index contributed by atoms with van der Waals surface area (Å²) in [5.41, 5.74) is 2.05. The number of hydrogen-bond donors (Lipinski definition) is 1. The van der Waals surface area contributed by atoms with Crippen LogP contribution >= 0.6 is 0 Å². The lowest BCUT2D eigenvalue weighted by atomic mass is 10.1. The second-order valence-electron chi connectivity index (χ2n) is 4.35. The van der Waals surface area contributed by atoms with Crippen molar-refractivity contribution in [3.63, 3.8) is 0 Å². The van der Waals surface area contributed by atoms with Crippen LogP contribution in [0.1, 0.15) is 0 Å². The van der Waals surface area contributed by atoms with E-state index in [2.05, 4.69) is 10.3 Å². The second-order valence-corrected chi connectivity index (χ2v) is 4.35. The number of halogens is 1. The van der Waals surface area contributed by atoms with Gasteiger partial charge in [0.1, 0.15) is 11.6 Å². The molecule has 0 aliphatic rings. The standard InChI is InChI=1S/C16H13FN2O/c1-20-11-6-7-14-12(10-11)15(8-9-18-14)19-16-5-3-2-4-13(16)17/h2-10H,1H3,(H,18,19). The van der Waals surface area contributed by atoms with Gasteiger partial charge >= 0.3 is 0 Å². The topological polar surface area (TPSA) is 34.1 Å². The zero-order valence-electron chi connectivity index (χ0n) is 10.9. The quantitative estimate of drug-likeness (QED) is 0.775. The van der Waals surface area contributed by atoms with E-state index in [1.54, 1.807) is 31.5 Å². The number of benzene rings is 2. The summed E-state index contributed by atoms with van der Waals surface area (Å²) in [6.45, 7) is 0. The van der Waals surface area contributed by atoms with Crippen molar-refractivity contribution >= 4 is 22.3 Å². The molecule has 20 heavy (non-hydrogen) atoms. The van der Waals surface area contributed by atoms with Gasteiger partial charge in [-0.1, -0.05) is 12.1 Å². The predicted octanol–water partition coefficient (Wildman–Crippen LogP) is 4.13. The van der Waals surface area contributed by atoms with E-state index in [1.807, 2.05) is 24.3 Å². The first-order valence-electron chi connectivity index (χ1n) is 6.22. The van der Waals surface area contributed by atoms with Crippen LogP contribution in [0.25, 0.3) is 10.9 Å². The maximum absolute atomic E-state index is 13.7. The van der Waals surface area contributed by atoms with Crippen LogP contribution in [-0.2, 0) is 0 Å². The monoisotopic (exact) mass is 268 g/mol. The molecule has 4 heteroatoms. The van der Waals surface area contributed by atoms with E-state index in [0.29, 0.717) is 5.69 Å². The van der Waals surface area contributed by atoms with Gasteiger partial charge in [0.15, 0.2) is 0 Å². The molecule has 0 fully saturated rings. The molecule has 0 bridgehead atoms. The van der Waals surface area contributed by atoms with E-state index >= 15 is 0 Å². The summed E-state index contributed by atoms with van der Waals surface area (Å²) in [4.78, 5) is 4.29. The number of pyridine rings is 1. The van der Waals surface area contributed by atoms with Crippen molar-refractivity contribution in [2.45, 2.75) is 0 Å². The Morgan fingerprint density at radius 1 is 1.05 bits per heavy atom. The summed E-state index contributed by atoms with van der Waals surface area (Å²) in [6, 6.07) is 14.0. The smallest absolute Gasteiger partial charge is 0.146 e. The summed E-state index contributed by atoms with van der Waals surface area (Å²) in [6.07, 6.45) is 1.69. The Hall–Kier alpha value is -2.62. The number of methoxy groups -OCH3 is 1. The fourth-order valence-corrected chi connectivity index (χ4v) is 2.07. The molecule has 0 aliphatic heterocycles. The third kappa shape index (κ3) is 2.28. The molecule has 0 atom stereocenters. The van der Waals surface area contributed by atoms with Crippen molar-refractivity contribution in [3.05, 3.63) is 60.5 Å². The summed E-state index contributed by atoms with van der Waals surface area (Å²) in [7, 11) is 1.61. The molecule has 0 amide bonds. The molecule has 1 N–H and O–H groups in total. The molecule has 0 saturated heterocycles. The SMILES string of the molecule is COc1ccc2nccc(Nc3ccccc3F)c2c1. The average molecular weight is 268 g/mol. The zero-order valence-corrected chi connectivity index (χ0v) is 10.9. The molecule has 3 nitrogen and oxygen atoms in total. The lowest BCUT2D eigenvalue weighted by Crippen LogP contribution is -1.95. The number of fused-ring (bicyclic) bond motifs is 1. The van der Waals surface area contributed by atoms with Gasteiger partial charge in [-0.05, 0) is 36.4 Å². The molecular weight excluding hydrogens is 255 g/mol. The molecule has 0 unspecified atom stereocenters. The van der Waals surface area contributed by atoms with Gasteiger partial charge < -0.3 is 10.1 Å². The second kappa shape index (κ2) is 5.17. The van der Waals surface area contributed by atoms with Gasteiger partial charge in [0.25, 0.3) is 0 Å². The largest absolute Gasteiger partial charge is 0.497 e. The zero-order chi connectivity index (χ0) is 13.9. The number of ether oxygens (including phenoxy) is 1. The van der Waals surface area contributed by atoms with Crippen LogP contribution in [0.5, 0.6) is 5.75 Å². The van der Waals surface area contributed by atoms with Crippen LogP contribution < -0.4 is 10.1 Å². The number of anilines is 2. The first kappa shape index (κ1) is 12.4. The number of nitrogens with zero attached hydrogens (tertiary/aromatic N) is 1. The summed E-state index contributed by atoms with van der Waals surface area (Å²) < 4.78 is 18.9. The maximum Gasteiger partial charge on any atom is 0.146 e. The van der Waals surface area contributed by atoms with Crippen molar-refractivity contribution < 1.29 is 9.13 Å². The van der Waals surface area contributed by atoms with Crippen LogP contribution in [0.15, 0.2) is 54.7 Å². The first-order chi connectivity index (χ1) is 9.78. The Morgan fingerprint density at radius 3 is 2.70 bits per heavy atom. The Kier molecular flexibility index (Phi) is 3.21. The molecule has 100 valence electrons.